The Balaban J connectivity index is 1.22. The molecule has 1 aliphatic carbocycles. The molecule has 7 aromatic carbocycles. The fourth-order valence-electron chi connectivity index (χ4n) is 7.80. The number of rotatable bonds is 5. The zero-order valence-corrected chi connectivity index (χ0v) is 26.9. The molecule has 9 aromatic rings. The van der Waals surface area contributed by atoms with Crippen LogP contribution in [-0.2, 0) is 0 Å². The van der Waals surface area contributed by atoms with E-state index in [2.05, 4.69) is 179 Å². The molecule has 0 aliphatic heterocycles. The number of benzene rings is 7. The number of allylic oxidation sites excluding steroid dienone is 3. The second-order valence-corrected chi connectivity index (χ2v) is 12.9. The summed E-state index contributed by atoms with van der Waals surface area (Å²) in [5, 5.41) is 7.18. The topological polar surface area (TPSA) is 21.3 Å². The molecule has 49 heavy (non-hydrogen) atoms. The highest BCUT2D eigenvalue weighted by Crippen LogP contribution is 2.42. The van der Waals surface area contributed by atoms with Crippen LogP contribution < -0.4 is 4.90 Å². The summed E-state index contributed by atoms with van der Waals surface area (Å²) in [6.45, 7) is 0. The zero-order valence-electron chi connectivity index (χ0n) is 26.9. The number of fused-ring (bicyclic) bond motifs is 8. The van der Waals surface area contributed by atoms with Gasteiger partial charge in [0, 0.05) is 44.3 Å². The predicted molar refractivity (Wildman–Crippen MR) is 206 cm³/mol. The standard InChI is InChI=1S/C46H32N2O/c1-3-12-31(13-4-1)33-15-11-18-35(28-33)47(37-24-27-44-41(30-37)46-38-19-8-7-14-32(38)22-26-45(46)49-44)36-23-25-43-40(29-36)39-20-9-10-21-42(39)48(43)34-16-5-2-6-17-34/h1-10,12-14,16-30H,11,15H2. The summed E-state index contributed by atoms with van der Waals surface area (Å²) in [7, 11) is 0. The second-order valence-electron chi connectivity index (χ2n) is 12.9. The highest BCUT2D eigenvalue weighted by atomic mass is 16.3. The van der Waals surface area contributed by atoms with Gasteiger partial charge in [-0.05, 0) is 101 Å². The summed E-state index contributed by atoms with van der Waals surface area (Å²) in [5.41, 5.74) is 11.4. The van der Waals surface area contributed by atoms with Crippen molar-refractivity contribution in [1.82, 2.24) is 4.57 Å². The Bertz CT molecular complexity index is 2760. The van der Waals surface area contributed by atoms with Crippen LogP contribution in [0.15, 0.2) is 180 Å². The summed E-state index contributed by atoms with van der Waals surface area (Å²) in [6.07, 6.45) is 6.76. The Labute approximate surface area is 284 Å². The van der Waals surface area contributed by atoms with Crippen LogP contribution in [0.3, 0.4) is 0 Å². The van der Waals surface area contributed by atoms with Gasteiger partial charge in [-0.25, -0.2) is 0 Å². The van der Waals surface area contributed by atoms with Crippen LogP contribution in [0.2, 0.25) is 0 Å². The smallest absolute Gasteiger partial charge is 0.136 e. The van der Waals surface area contributed by atoms with Gasteiger partial charge in [0.05, 0.1) is 11.0 Å². The van der Waals surface area contributed by atoms with E-state index in [4.69, 9.17) is 4.42 Å². The van der Waals surface area contributed by atoms with Crippen molar-refractivity contribution < 1.29 is 4.42 Å². The third kappa shape index (κ3) is 4.51. The minimum Gasteiger partial charge on any atom is -0.456 e. The maximum Gasteiger partial charge on any atom is 0.136 e. The van der Waals surface area contributed by atoms with Crippen LogP contribution in [0.25, 0.3) is 65.8 Å². The van der Waals surface area contributed by atoms with Crippen molar-refractivity contribution in [1.29, 1.82) is 0 Å². The number of furan rings is 1. The number of hydrogen-bond acceptors (Lipinski definition) is 2. The van der Waals surface area contributed by atoms with Crippen molar-refractivity contribution in [2.24, 2.45) is 0 Å². The average Bonchev–Trinajstić information content (AvgIpc) is 3.71. The minimum atomic E-state index is 0.898. The average molecular weight is 629 g/mol. The van der Waals surface area contributed by atoms with Gasteiger partial charge >= 0.3 is 0 Å². The molecular formula is C46H32N2O. The first-order valence-electron chi connectivity index (χ1n) is 17.0. The van der Waals surface area contributed by atoms with Gasteiger partial charge in [0.1, 0.15) is 11.2 Å². The predicted octanol–water partition coefficient (Wildman–Crippen LogP) is 12.7. The van der Waals surface area contributed by atoms with Crippen molar-refractivity contribution in [2.45, 2.75) is 12.8 Å². The van der Waals surface area contributed by atoms with E-state index < -0.39 is 0 Å². The van der Waals surface area contributed by atoms with Crippen molar-refractivity contribution in [2.75, 3.05) is 4.90 Å². The van der Waals surface area contributed by atoms with E-state index in [9.17, 15) is 0 Å². The molecule has 0 bridgehead atoms. The van der Waals surface area contributed by atoms with Gasteiger partial charge < -0.3 is 13.9 Å². The fraction of sp³-hybridized carbons (Fsp3) is 0.0435. The van der Waals surface area contributed by atoms with Crippen LogP contribution in [0.5, 0.6) is 0 Å². The number of anilines is 2. The summed E-state index contributed by atoms with van der Waals surface area (Å²) >= 11 is 0. The van der Waals surface area contributed by atoms with E-state index in [-0.39, 0.29) is 0 Å². The molecule has 0 unspecified atom stereocenters. The third-order valence-corrected chi connectivity index (χ3v) is 10.0. The highest BCUT2D eigenvalue weighted by Gasteiger charge is 2.21. The molecular weight excluding hydrogens is 597 g/mol. The molecule has 232 valence electrons. The SMILES string of the molecule is C1=C(c2ccccc2)CCC=C1N(c1ccc2oc3ccc4ccccc4c3c2c1)c1ccc2c(c1)c1ccccc1n2-c1ccccc1. The van der Waals surface area contributed by atoms with Crippen LogP contribution in [0.1, 0.15) is 18.4 Å². The molecule has 2 heterocycles. The zero-order chi connectivity index (χ0) is 32.3. The van der Waals surface area contributed by atoms with Crippen LogP contribution in [0.4, 0.5) is 11.4 Å². The monoisotopic (exact) mass is 628 g/mol. The summed E-state index contributed by atoms with van der Waals surface area (Å²) in [5.74, 6) is 0. The summed E-state index contributed by atoms with van der Waals surface area (Å²) in [4.78, 5) is 2.43. The third-order valence-electron chi connectivity index (χ3n) is 10.0. The van der Waals surface area contributed by atoms with E-state index in [0.717, 1.165) is 51.8 Å². The fourth-order valence-corrected chi connectivity index (χ4v) is 7.80. The lowest BCUT2D eigenvalue weighted by atomic mass is 9.95. The van der Waals surface area contributed by atoms with E-state index in [0.29, 0.717) is 0 Å². The molecule has 10 rings (SSSR count). The van der Waals surface area contributed by atoms with Gasteiger partial charge in [-0.2, -0.15) is 0 Å². The number of hydrogen-bond donors (Lipinski definition) is 0. The molecule has 0 atom stereocenters. The number of aromatic nitrogens is 1. The van der Waals surface area contributed by atoms with Gasteiger partial charge in [-0.15, -0.1) is 0 Å². The van der Waals surface area contributed by atoms with Crippen LogP contribution in [0, 0.1) is 0 Å². The largest absolute Gasteiger partial charge is 0.456 e. The first-order chi connectivity index (χ1) is 24.3. The molecule has 0 amide bonds. The molecule has 0 saturated carbocycles. The second kappa shape index (κ2) is 11.1. The van der Waals surface area contributed by atoms with Gasteiger partial charge in [0.2, 0.25) is 0 Å². The molecule has 0 N–H and O–H groups in total. The lowest BCUT2D eigenvalue weighted by molar-refractivity contribution is 0.669. The highest BCUT2D eigenvalue weighted by molar-refractivity contribution is 6.19. The molecule has 0 fully saturated rings. The lowest BCUT2D eigenvalue weighted by Crippen LogP contribution is -2.17. The molecule has 0 saturated heterocycles. The van der Waals surface area contributed by atoms with E-state index in [1.54, 1.807) is 0 Å². The van der Waals surface area contributed by atoms with Crippen molar-refractivity contribution in [3.63, 3.8) is 0 Å². The van der Waals surface area contributed by atoms with Gasteiger partial charge in [0.25, 0.3) is 0 Å². The summed E-state index contributed by atoms with van der Waals surface area (Å²) in [6, 6.07) is 56.6. The van der Waals surface area contributed by atoms with Crippen LogP contribution >= 0.6 is 0 Å². The van der Waals surface area contributed by atoms with Crippen molar-refractivity contribution in [3.05, 3.63) is 181 Å². The van der Waals surface area contributed by atoms with E-state index >= 15 is 0 Å². The molecule has 0 radical (unpaired) electrons. The molecule has 0 spiro atoms. The van der Waals surface area contributed by atoms with Crippen LogP contribution in [-0.4, -0.2) is 4.57 Å². The Hall–Kier alpha value is -6.32. The normalized spacial score (nSPS) is 13.4. The Morgan fingerprint density at radius 2 is 1.20 bits per heavy atom. The Kier molecular flexibility index (Phi) is 6.31. The maximum atomic E-state index is 6.42. The van der Waals surface area contributed by atoms with Gasteiger partial charge in [-0.3, -0.25) is 0 Å². The van der Waals surface area contributed by atoms with Crippen molar-refractivity contribution >= 4 is 71.5 Å². The molecule has 3 nitrogen and oxygen atoms in total. The first kappa shape index (κ1) is 27.8. The number of para-hydroxylation sites is 2. The quantitative estimate of drug-likeness (QED) is 0.189. The van der Waals surface area contributed by atoms with E-state index in [1.807, 2.05) is 0 Å². The first-order valence-corrected chi connectivity index (χ1v) is 17.0. The summed E-state index contributed by atoms with van der Waals surface area (Å²) < 4.78 is 8.80. The minimum absolute atomic E-state index is 0.898. The number of nitrogens with zero attached hydrogens (tertiary/aromatic N) is 2. The Morgan fingerprint density at radius 1 is 0.531 bits per heavy atom. The Morgan fingerprint density at radius 3 is 2.06 bits per heavy atom. The molecule has 1 aliphatic rings. The van der Waals surface area contributed by atoms with E-state index in [1.165, 1.54) is 49.4 Å². The maximum absolute atomic E-state index is 6.42. The molecule has 3 heteroatoms. The van der Waals surface area contributed by atoms with Gasteiger partial charge in [0.15, 0.2) is 0 Å². The van der Waals surface area contributed by atoms with Crippen molar-refractivity contribution in [3.8, 4) is 5.69 Å². The molecule has 2 aromatic heterocycles. The lowest BCUT2D eigenvalue weighted by Gasteiger charge is -2.29. The van der Waals surface area contributed by atoms with Gasteiger partial charge in [-0.1, -0.05) is 103 Å².